The van der Waals surface area contributed by atoms with E-state index in [9.17, 15) is 17.6 Å². The summed E-state index contributed by atoms with van der Waals surface area (Å²) in [5.74, 6) is -1.20. The maximum absolute atomic E-state index is 13.5. The Kier molecular flexibility index (Phi) is 3.45. The smallest absolute Gasteiger partial charge is 0.263 e. The van der Waals surface area contributed by atoms with Crippen LogP contribution in [-0.2, 0) is 14.8 Å². The minimum atomic E-state index is -3.95. The molecule has 0 aromatic carbocycles. The summed E-state index contributed by atoms with van der Waals surface area (Å²) < 4.78 is 38.9. The molecule has 7 heteroatoms. The van der Waals surface area contributed by atoms with Crippen LogP contribution < -0.4 is 0 Å². The SMILES string of the molecule is CC1CN(S(=O)(=O)c2ncccc2F)CCC1=O. The van der Waals surface area contributed by atoms with Crippen LogP contribution in [0.1, 0.15) is 13.3 Å². The van der Waals surface area contributed by atoms with Gasteiger partial charge < -0.3 is 0 Å². The number of piperidine rings is 1. The second-order valence-corrected chi connectivity index (χ2v) is 6.12. The molecule has 2 rings (SSSR count). The van der Waals surface area contributed by atoms with Crippen molar-refractivity contribution in [1.82, 2.24) is 9.29 Å². The van der Waals surface area contributed by atoms with Crippen LogP contribution in [0.25, 0.3) is 0 Å². The Morgan fingerprint density at radius 3 is 2.83 bits per heavy atom. The van der Waals surface area contributed by atoms with Crippen LogP contribution in [0.3, 0.4) is 0 Å². The lowest BCUT2D eigenvalue weighted by Gasteiger charge is -2.28. The molecule has 18 heavy (non-hydrogen) atoms. The van der Waals surface area contributed by atoms with Gasteiger partial charge in [0.15, 0.2) is 5.82 Å². The van der Waals surface area contributed by atoms with Gasteiger partial charge in [0.25, 0.3) is 10.0 Å². The van der Waals surface area contributed by atoms with E-state index in [0.717, 1.165) is 10.4 Å². The molecule has 0 radical (unpaired) electrons. The lowest BCUT2D eigenvalue weighted by atomic mass is 10.0. The third-order valence-corrected chi connectivity index (χ3v) is 4.74. The number of carbonyl (C=O) groups is 1. The Bertz CT molecular complexity index is 573. The number of sulfonamides is 1. The molecule has 2 heterocycles. The molecule has 1 atom stereocenters. The number of carbonyl (C=O) groups excluding carboxylic acids is 1. The Labute approximate surface area is 105 Å². The fraction of sp³-hybridized carbons (Fsp3) is 0.455. The van der Waals surface area contributed by atoms with Crippen LogP contribution in [0.15, 0.2) is 23.4 Å². The molecule has 0 aliphatic carbocycles. The first kappa shape index (κ1) is 13.1. The van der Waals surface area contributed by atoms with Crippen molar-refractivity contribution in [3.63, 3.8) is 0 Å². The zero-order valence-electron chi connectivity index (χ0n) is 9.84. The van der Waals surface area contributed by atoms with Crippen LogP contribution in [0, 0.1) is 11.7 Å². The van der Waals surface area contributed by atoms with E-state index in [-0.39, 0.29) is 31.2 Å². The molecule has 1 aliphatic heterocycles. The molecule has 1 saturated heterocycles. The predicted octanol–water partition coefficient (Wildman–Crippen LogP) is 0.820. The highest BCUT2D eigenvalue weighted by atomic mass is 32.2. The third kappa shape index (κ3) is 2.28. The lowest BCUT2D eigenvalue weighted by molar-refractivity contribution is -0.124. The average molecular weight is 272 g/mol. The maximum atomic E-state index is 13.5. The normalized spacial score (nSPS) is 22.1. The first-order valence-electron chi connectivity index (χ1n) is 5.56. The summed E-state index contributed by atoms with van der Waals surface area (Å²) in [6.45, 7) is 1.83. The van der Waals surface area contributed by atoms with Crippen LogP contribution >= 0.6 is 0 Å². The molecule has 5 nitrogen and oxygen atoms in total. The Hall–Kier alpha value is -1.34. The number of Topliss-reactive ketones (excluding diaryl/α,β-unsaturated/α-hetero) is 1. The molecular formula is C11H13FN2O3S. The summed E-state index contributed by atoms with van der Waals surface area (Å²) in [4.78, 5) is 14.9. The zero-order chi connectivity index (χ0) is 13.3. The van der Waals surface area contributed by atoms with Gasteiger partial charge in [-0.1, -0.05) is 6.92 Å². The van der Waals surface area contributed by atoms with Crippen molar-refractivity contribution >= 4 is 15.8 Å². The fourth-order valence-corrected chi connectivity index (χ4v) is 3.39. The molecule has 1 aromatic rings. The second kappa shape index (κ2) is 4.74. The van der Waals surface area contributed by atoms with Crippen molar-refractivity contribution in [3.05, 3.63) is 24.1 Å². The van der Waals surface area contributed by atoms with E-state index in [0.29, 0.717) is 0 Å². The molecule has 98 valence electrons. The minimum absolute atomic E-state index is 0.0305. The molecule has 1 unspecified atom stereocenters. The Balaban J connectivity index is 2.33. The summed E-state index contributed by atoms with van der Waals surface area (Å²) in [5, 5.41) is -0.577. The van der Waals surface area contributed by atoms with Crippen LogP contribution in [0.2, 0.25) is 0 Å². The predicted molar refractivity (Wildman–Crippen MR) is 61.7 cm³/mol. The Morgan fingerprint density at radius 1 is 1.50 bits per heavy atom. The number of hydrogen-bond donors (Lipinski definition) is 0. The van der Waals surface area contributed by atoms with Gasteiger partial charge in [-0.05, 0) is 12.1 Å². The molecule has 0 amide bonds. The van der Waals surface area contributed by atoms with E-state index >= 15 is 0 Å². The van der Waals surface area contributed by atoms with Crippen molar-refractivity contribution in [2.45, 2.75) is 18.4 Å². The van der Waals surface area contributed by atoms with Gasteiger partial charge in [0, 0.05) is 31.6 Å². The second-order valence-electron chi connectivity index (χ2n) is 4.27. The molecule has 1 aliphatic rings. The van der Waals surface area contributed by atoms with E-state index in [1.54, 1.807) is 6.92 Å². The van der Waals surface area contributed by atoms with E-state index in [2.05, 4.69) is 4.98 Å². The Morgan fingerprint density at radius 2 is 2.22 bits per heavy atom. The third-order valence-electron chi connectivity index (χ3n) is 2.94. The molecule has 0 saturated carbocycles. The number of nitrogens with zero attached hydrogens (tertiary/aromatic N) is 2. The van der Waals surface area contributed by atoms with E-state index in [1.807, 2.05) is 0 Å². The zero-order valence-corrected chi connectivity index (χ0v) is 10.7. The summed E-state index contributed by atoms with van der Waals surface area (Å²) in [6.07, 6.45) is 1.39. The number of halogens is 1. The standard InChI is InChI=1S/C11H13FN2O3S/c1-8-7-14(6-4-10(8)15)18(16,17)11-9(12)3-2-5-13-11/h2-3,5,8H,4,6-7H2,1H3. The van der Waals surface area contributed by atoms with E-state index in [4.69, 9.17) is 0 Å². The van der Waals surface area contributed by atoms with E-state index in [1.165, 1.54) is 12.3 Å². The molecule has 0 N–H and O–H groups in total. The number of rotatable bonds is 2. The molecule has 1 aromatic heterocycles. The first-order valence-corrected chi connectivity index (χ1v) is 7.00. The first-order chi connectivity index (χ1) is 8.43. The number of ketones is 1. The number of aromatic nitrogens is 1. The monoisotopic (exact) mass is 272 g/mol. The van der Waals surface area contributed by atoms with Gasteiger partial charge in [0.2, 0.25) is 5.03 Å². The van der Waals surface area contributed by atoms with Gasteiger partial charge >= 0.3 is 0 Å². The van der Waals surface area contributed by atoms with Crippen LogP contribution in [-0.4, -0.2) is 36.6 Å². The van der Waals surface area contributed by atoms with Gasteiger partial charge in [0.1, 0.15) is 5.78 Å². The maximum Gasteiger partial charge on any atom is 0.263 e. The number of hydrogen-bond acceptors (Lipinski definition) is 4. The van der Waals surface area contributed by atoms with Crippen molar-refractivity contribution in [3.8, 4) is 0 Å². The minimum Gasteiger partial charge on any atom is -0.299 e. The van der Waals surface area contributed by atoms with Crippen molar-refractivity contribution < 1.29 is 17.6 Å². The average Bonchev–Trinajstić information content (AvgIpc) is 2.33. The highest BCUT2D eigenvalue weighted by Crippen LogP contribution is 2.21. The number of pyridine rings is 1. The summed E-state index contributed by atoms with van der Waals surface area (Å²) in [7, 11) is -3.95. The van der Waals surface area contributed by atoms with E-state index < -0.39 is 20.9 Å². The van der Waals surface area contributed by atoms with Gasteiger partial charge in [-0.2, -0.15) is 4.31 Å². The lowest BCUT2D eigenvalue weighted by Crippen LogP contribution is -2.43. The molecule has 0 bridgehead atoms. The van der Waals surface area contributed by atoms with Gasteiger partial charge in [-0.25, -0.2) is 17.8 Å². The van der Waals surface area contributed by atoms with Crippen LogP contribution in [0.5, 0.6) is 0 Å². The topological polar surface area (TPSA) is 67.3 Å². The summed E-state index contributed by atoms with van der Waals surface area (Å²) in [6, 6.07) is 2.38. The van der Waals surface area contributed by atoms with Crippen molar-refractivity contribution in [2.24, 2.45) is 5.92 Å². The van der Waals surface area contributed by atoms with Gasteiger partial charge in [0.05, 0.1) is 0 Å². The summed E-state index contributed by atoms with van der Waals surface area (Å²) in [5.41, 5.74) is 0. The quantitative estimate of drug-likeness (QED) is 0.799. The van der Waals surface area contributed by atoms with Gasteiger partial charge in [-0.3, -0.25) is 4.79 Å². The molecule has 0 spiro atoms. The fourth-order valence-electron chi connectivity index (χ4n) is 1.88. The highest BCUT2D eigenvalue weighted by Gasteiger charge is 2.34. The van der Waals surface area contributed by atoms with Crippen LogP contribution in [0.4, 0.5) is 4.39 Å². The summed E-state index contributed by atoms with van der Waals surface area (Å²) >= 11 is 0. The van der Waals surface area contributed by atoms with Gasteiger partial charge in [-0.15, -0.1) is 0 Å². The van der Waals surface area contributed by atoms with Crippen molar-refractivity contribution in [2.75, 3.05) is 13.1 Å². The molecular weight excluding hydrogens is 259 g/mol. The van der Waals surface area contributed by atoms with Crippen molar-refractivity contribution in [1.29, 1.82) is 0 Å². The molecule has 1 fully saturated rings. The highest BCUT2D eigenvalue weighted by molar-refractivity contribution is 7.89. The largest absolute Gasteiger partial charge is 0.299 e.